The zero-order valence-electron chi connectivity index (χ0n) is 13.0. The molecule has 0 amide bonds. The van der Waals surface area contributed by atoms with E-state index in [1.165, 1.54) is 16.4 Å². The summed E-state index contributed by atoms with van der Waals surface area (Å²) in [7, 11) is -3.90. The van der Waals surface area contributed by atoms with Crippen molar-refractivity contribution < 1.29 is 18.1 Å². The summed E-state index contributed by atoms with van der Waals surface area (Å²) >= 11 is 0. The topological polar surface area (TPSA) is 89.8 Å². The van der Waals surface area contributed by atoms with Crippen LogP contribution in [0.5, 0.6) is 0 Å². The van der Waals surface area contributed by atoms with Crippen molar-refractivity contribution in [1.82, 2.24) is 4.31 Å². The Bertz CT molecular complexity index is 709. The van der Waals surface area contributed by atoms with Crippen LogP contribution in [0.1, 0.15) is 24.8 Å². The molecule has 1 heterocycles. The molecule has 1 aliphatic carbocycles. The molecule has 2 aliphatic rings. The maximum Gasteiger partial charge on any atom is 0.289 e. The van der Waals surface area contributed by atoms with Crippen molar-refractivity contribution in [1.29, 1.82) is 0 Å². The van der Waals surface area contributed by atoms with E-state index in [2.05, 4.69) is 0 Å². The fourth-order valence-electron chi connectivity index (χ4n) is 3.02. The van der Waals surface area contributed by atoms with Crippen molar-refractivity contribution in [3.63, 3.8) is 0 Å². The predicted octanol–water partition coefficient (Wildman–Crippen LogP) is 2.09. The summed E-state index contributed by atoms with van der Waals surface area (Å²) in [5.41, 5.74) is 0.0610. The number of aryl methyl sites for hydroxylation is 1. The Morgan fingerprint density at radius 3 is 2.65 bits per heavy atom. The summed E-state index contributed by atoms with van der Waals surface area (Å²) in [5.74, 6) is 0.161. The van der Waals surface area contributed by atoms with Gasteiger partial charge in [-0.1, -0.05) is 12.1 Å². The fourth-order valence-corrected chi connectivity index (χ4v) is 5.15. The summed E-state index contributed by atoms with van der Waals surface area (Å²) in [6.07, 6.45) is 2.45. The zero-order chi connectivity index (χ0) is 16.6. The van der Waals surface area contributed by atoms with Crippen LogP contribution < -0.4 is 0 Å². The number of hydrogen-bond acceptors (Lipinski definition) is 5. The Morgan fingerprint density at radius 2 is 2.09 bits per heavy atom. The van der Waals surface area contributed by atoms with Gasteiger partial charge >= 0.3 is 0 Å². The van der Waals surface area contributed by atoms with Gasteiger partial charge in [0.1, 0.15) is 0 Å². The predicted molar refractivity (Wildman–Crippen MR) is 83.7 cm³/mol. The maximum absolute atomic E-state index is 13.1. The van der Waals surface area contributed by atoms with Crippen molar-refractivity contribution in [3.8, 4) is 0 Å². The maximum atomic E-state index is 13.1. The highest BCUT2D eigenvalue weighted by atomic mass is 32.2. The smallest absolute Gasteiger partial charge is 0.289 e. The van der Waals surface area contributed by atoms with Gasteiger partial charge in [-0.3, -0.25) is 10.1 Å². The molecule has 23 heavy (non-hydrogen) atoms. The van der Waals surface area contributed by atoms with Crippen LogP contribution in [-0.4, -0.2) is 43.4 Å². The van der Waals surface area contributed by atoms with E-state index in [0.717, 1.165) is 19.3 Å². The quantitative estimate of drug-likeness (QED) is 0.584. The second-order valence-electron chi connectivity index (χ2n) is 6.22. The first-order valence-corrected chi connectivity index (χ1v) is 9.19. The second kappa shape index (κ2) is 6.18. The van der Waals surface area contributed by atoms with E-state index in [4.69, 9.17) is 4.74 Å². The lowest BCUT2D eigenvalue weighted by atomic mass is 10.1. The molecule has 1 atom stereocenters. The molecule has 0 N–H and O–H groups in total. The summed E-state index contributed by atoms with van der Waals surface area (Å²) in [6.45, 7) is 3.17. The summed E-state index contributed by atoms with van der Waals surface area (Å²) < 4.78 is 33.0. The van der Waals surface area contributed by atoms with E-state index in [9.17, 15) is 18.5 Å². The molecule has 0 radical (unpaired) electrons. The summed E-state index contributed by atoms with van der Waals surface area (Å²) in [4.78, 5) is 10.5. The van der Waals surface area contributed by atoms with E-state index in [0.29, 0.717) is 25.3 Å². The van der Waals surface area contributed by atoms with Crippen molar-refractivity contribution in [3.05, 3.63) is 33.9 Å². The van der Waals surface area contributed by atoms with Crippen LogP contribution in [0.15, 0.2) is 23.1 Å². The third-order valence-corrected chi connectivity index (χ3v) is 6.48. The lowest BCUT2D eigenvalue weighted by molar-refractivity contribution is -0.387. The van der Waals surface area contributed by atoms with E-state index < -0.39 is 14.9 Å². The van der Waals surface area contributed by atoms with Gasteiger partial charge in [0.15, 0.2) is 4.90 Å². The Balaban J connectivity index is 2.00. The van der Waals surface area contributed by atoms with Crippen LogP contribution >= 0.6 is 0 Å². The molecular formula is C15H20N2O5S. The molecule has 0 bridgehead atoms. The highest BCUT2D eigenvalue weighted by Crippen LogP contribution is 2.37. The van der Waals surface area contributed by atoms with Crippen LogP contribution in [0.3, 0.4) is 0 Å². The largest absolute Gasteiger partial charge is 0.381 e. The Labute approximate surface area is 135 Å². The van der Waals surface area contributed by atoms with Gasteiger partial charge < -0.3 is 4.74 Å². The molecule has 3 rings (SSSR count). The number of sulfonamides is 1. The minimum atomic E-state index is -3.90. The number of ether oxygens (including phenoxy) is 1. The van der Waals surface area contributed by atoms with E-state index in [-0.39, 0.29) is 22.5 Å². The Hall–Kier alpha value is -1.51. The van der Waals surface area contributed by atoms with Gasteiger partial charge in [-0.15, -0.1) is 0 Å². The minimum absolute atomic E-state index is 0.0418. The van der Waals surface area contributed by atoms with Gasteiger partial charge in [0.25, 0.3) is 5.69 Å². The number of nitro benzene ring substituents is 1. The SMILES string of the molecule is Cc1cccc([N+](=O)[O-])c1S(=O)(=O)N(CC1CCOC1)C1CC1. The number of nitro groups is 1. The van der Waals surface area contributed by atoms with Gasteiger partial charge in [0, 0.05) is 25.3 Å². The second-order valence-corrected chi connectivity index (χ2v) is 8.04. The molecule has 2 fully saturated rings. The fraction of sp³-hybridized carbons (Fsp3) is 0.600. The molecule has 8 heteroatoms. The zero-order valence-corrected chi connectivity index (χ0v) is 13.8. The molecule has 7 nitrogen and oxygen atoms in total. The van der Waals surface area contributed by atoms with Gasteiger partial charge in [-0.25, -0.2) is 8.42 Å². The Morgan fingerprint density at radius 1 is 1.35 bits per heavy atom. The minimum Gasteiger partial charge on any atom is -0.381 e. The van der Waals surface area contributed by atoms with Gasteiger partial charge in [-0.05, 0) is 37.7 Å². The molecule has 126 valence electrons. The van der Waals surface area contributed by atoms with Gasteiger partial charge in [0.2, 0.25) is 10.0 Å². The van der Waals surface area contributed by atoms with Crippen molar-refractivity contribution in [2.24, 2.45) is 5.92 Å². The van der Waals surface area contributed by atoms with Crippen molar-refractivity contribution >= 4 is 15.7 Å². The average Bonchev–Trinajstić information content (AvgIpc) is 3.19. The molecule has 1 aromatic carbocycles. The number of nitrogens with zero attached hydrogens (tertiary/aromatic N) is 2. The van der Waals surface area contributed by atoms with Crippen molar-refractivity contribution in [2.75, 3.05) is 19.8 Å². The van der Waals surface area contributed by atoms with Crippen LogP contribution in [0, 0.1) is 23.0 Å². The molecule has 1 saturated heterocycles. The molecule has 1 aliphatic heterocycles. The molecule has 0 aromatic heterocycles. The highest BCUT2D eigenvalue weighted by molar-refractivity contribution is 7.89. The van der Waals surface area contributed by atoms with Crippen LogP contribution in [-0.2, 0) is 14.8 Å². The third-order valence-electron chi connectivity index (χ3n) is 4.37. The molecular weight excluding hydrogens is 320 g/mol. The van der Waals surface area contributed by atoms with Crippen LogP contribution in [0.25, 0.3) is 0 Å². The first-order chi connectivity index (χ1) is 10.9. The Kier molecular flexibility index (Phi) is 4.39. The highest BCUT2D eigenvalue weighted by Gasteiger charge is 2.42. The first-order valence-electron chi connectivity index (χ1n) is 7.75. The lowest BCUT2D eigenvalue weighted by Gasteiger charge is -2.25. The number of benzene rings is 1. The molecule has 1 saturated carbocycles. The van der Waals surface area contributed by atoms with Crippen LogP contribution in [0.4, 0.5) is 5.69 Å². The van der Waals surface area contributed by atoms with Crippen molar-refractivity contribution in [2.45, 2.75) is 37.1 Å². The monoisotopic (exact) mass is 340 g/mol. The number of hydrogen-bond donors (Lipinski definition) is 0. The van der Waals surface area contributed by atoms with Crippen LogP contribution in [0.2, 0.25) is 0 Å². The van der Waals surface area contributed by atoms with Gasteiger partial charge in [0.05, 0.1) is 11.5 Å². The molecule has 1 unspecified atom stereocenters. The van der Waals surface area contributed by atoms with Gasteiger partial charge in [-0.2, -0.15) is 4.31 Å². The first kappa shape index (κ1) is 16.4. The third kappa shape index (κ3) is 3.24. The van der Waals surface area contributed by atoms with E-state index in [1.54, 1.807) is 13.0 Å². The normalized spacial score (nSPS) is 21.7. The summed E-state index contributed by atoms with van der Waals surface area (Å²) in [5, 5.41) is 11.3. The lowest BCUT2D eigenvalue weighted by Crippen LogP contribution is -2.38. The van der Waals surface area contributed by atoms with E-state index in [1.807, 2.05) is 0 Å². The average molecular weight is 340 g/mol. The molecule has 1 aromatic rings. The summed E-state index contributed by atoms with van der Waals surface area (Å²) in [6, 6.07) is 4.33. The number of rotatable bonds is 6. The van der Waals surface area contributed by atoms with E-state index >= 15 is 0 Å². The standard InChI is InChI=1S/C15H20N2O5S/c1-11-3-2-4-14(17(18)19)15(11)23(20,21)16(13-5-6-13)9-12-7-8-22-10-12/h2-4,12-13H,5-10H2,1H3. The molecule has 0 spiro atoms.